The van der Waals surface area contributed by atoms with Crippen LogP contribution in [0.2, 0.25) is 20.1 Å². The van der Waals surface area contributed by atoms with Crippen molar-refractivity contribution in [1.29, 1.82) is 0 Å². The normalized spacial score (nSPS) is 11.2. The summed E-state index contributed by atoms with van der Waals surface area (Å²) < 4.78 is 1.76. The molecule has 31 heavy (non-hydrogen) atoms. The predicted molar refractivity (Wildman–Crippen MR) is 130 cm³/mol. The van der Waals surface area contributed by atoms with Gasteiger partial charge in [0, 0.05) is 21.2 Å². The second-order valence-electron chi connectivity index (χ2n) is 6.91. The molecule has 0 aliphatic heterocycles. The Hall–Kier alpha value is -2.56. The maximum absolute atomic E-state index is 6.96. The SMILES string of the molecule is Clc1ccc(-c2c(-c3ccc(Cl)cc3Cl)nc3c(cnn3-c3ccccc3)c2Cl)cc1. The molecule has 0 bridgehead atoms. The van der Waals surface area contributed by atoms with Gasteiger partial charge in [0.1, 0.15) is 0 Å². The first-order valence-electron chi connectivity index (χ1n) is 9.37. The Balaban J connectivity index is 1.86. The Morgan fingerprint density at radius 3 is 2.16 bits per heavy atom. The molecule has 7 heteroatoms. The van der Waals surface area contributed by atoms with Crippen LogP contribution in [-0.4, -0.2) is 14.8 Å². The van der Waals surface area contributed by atoms with E-state index in [9.17, 15) is 0 Å². The number of benzene rings is 3. The molecular weight excluding hydrogens is 472 g/mol. The number of para-hydroxylation sites is 1. The van der Waals surface area contributed by atoms with Gasteiger partial charge in [0.15, 0.2) is 5.65 Å². The minimum atomic E-state index is 0.483. The lowest BCUT2D eigenvalue weighted by molar-refractivity contribution is 0.898. The smallest absolute Gasteiger partial charge is 0.165 e. The first-order chi connectivity index (χ1) is 15.0. The van der Waals surface area contributed by atoms with Crippen LogP contribution in [0.4, 0.5) is 0 Å². The van der Waals surface area contributed by atoms with E-state index in [2.05, 4.69) is 5.10 Å². The van der Waals surface area contributed by atoms with Crippen LogP contribution in [0, 0.1) is 0 Å². The number of fused-ring (bicyclic) bond motifs is 1. The molecule has 0 radical (unpaired) electrons. The van der Waals surface area contributed by atoms with Gasteiger partial charge in [-0.2, -0.15) is 5.10 Å². The molecule has 0 aliphatic rings. The molecule has 2 heterocycles. The molecule has 0 saturated carbocycles. The lowest BCUT2D eigenvalue weighted by Gasteiger charge is -2.15. The Morgan fingerprint density at radius 1 is 0.742 bits per heavy atom. The lowest BCUT2D eigenvalue weighted by atomic mass is 9.98. The van der Waals surface area contributed by atoms with E-state index in [1.807, 2.05) is 60.7 Å². The van der Waals surface area contributed by atoms with E-state index < -0.39 is 0 Å². The summed E-state index contributed by atoms with van der Waals surface area (Å²) in [7, 11) is 0. The molecule has 3 aromatic carbocycles. The molecule has 3 nitrogen and oxygen atoms in total. The van der Waals surface area contributed by atoms with Crippen LogP contribution in [0.1, 0.15) is 0 Å². The highest BCUT2D eigenvalue weighted by molar-refractivity contribution is 6.40. The molecule has 0 fully saturated rings. The Labute approximate surface area is 198 Å². The summed E-state index contributed by atoms with van der Waals surface area (Å²) in [5.41, 5.74) is 4.50. The van der Waals surface area contributed by atoms with E-state index >= 15 is 0 Å². The van der Waals surface area contributed by atoms with Crippen LogP contribution >= 0.6 is 46.4 Å². The highest BCUT2D eigenvalue weighted by atomic mass is 35.5. The standard InChI is InChI=1S/C24H13Cl4N3/c25-15-8-6-14(7-9-15)21-22(28)19-13-29-31(17-4-2-1-3-5-17)24(19)30-23(21)18-11-10-16(26)12-20(18)27/h1-13H. The van der Waals surface area contributed by atoms with Gasteiger partial charge in [-0.3, -0.25) is 0 Å². The van der Waals surface area contributed by atoms with Crippen molar-refractivity contribution in [1.82, 2.24) is 14.8 Å². The van der Waals surface area contributed by atoms with Crippen LogP contribution in [0.5, 0.6) is 0 Å². The van der Waals surface area contributed by atoms with Gasteiger partial charge in [-0.05, 0) is 48.0 Å². The third kappa shape index (κ3) is 3.68. The van der Waals surface area contributed by atoms with Crippen LogP contribution in [-0.2, 0) is 0 Å². The van der Waals surface area contributed by atoms with Gasteiger partial charge < -0.3 is 0 Å². The Morgan fingerprint density at radius 2 is 1.45 bits per heavy atom. The van der Waals surface area contributed by atoms with Crippen LogP contribution in [0.15, 0.2) is 79.0 Å². The highest BCUT2D eigenvalue weighted by Crippen LogP contribution is 2.43. The summed E-state index contributed by atoms with van der Waals surface area (Å²) in [4.78, 5) is 4.99. The number of halogens is 4. The fourth-order valence-electron chi connectivity index (χ4n) is 3.52. The summed E-state index contributed by atoms with van der Waals surface area (Å²) in [5.74, 6) is 0. The number of rotatable bonds is 3. The van der Waals surface area contributed by atoms with Gasteiger partial charge >= 0.3 is 0 Å². The van der Waals surface area contributed by atoms with Crippen molar-refractivity contribution in [2.75, 3.05) is 0 Å². The molecule has 0 aliphatic carbocycles. The molecule has 0 amide bonds. The van der Waals surface area contributed by atoms with E-state index in [-0.39, 0.29) is 0 Å². The van der Waals surface area contributed by atoms with Gasteiger partial charge in [-0.25, -0.2) is 9.67 Å². The summed E-state index contributed by atoms with van der Waals surface area (Å²) in [6.45, 7) is 0. The number of nitrogens with zero attached hydrogens (tertiary/aromatic N) is 3. The van der Waals surface area contributed by atoms with Gasteiger partial charge in [0.25, 0.3) is 0 Å². The highest BCUT2D eigenvalue weighted by Gasteiger charge is 2.21. The van der Waals surface area contributed by atoms with E-state index in [1.165, 1.54) is 0 Å². The molecule has 5 aromatic rings. The molecule has 0 saturated heterocycles. The average molecular weight is 485 g/mol. The molecular formula is C24H13Cl4N3. The zero-order valence-electron chi connectivity index (χ0n) is 15.9. The lowest BCUT2D eigenvalue weighted by Crippen LogP contribution is -2.00. The molecule has 0 spiro atoms. The van der Waals surface area contributed by atoms with Crippen LogP contribution < -0.4 is 0 Å². The first-order valence-corrected chi connectivity index (χ1v) is 10.9. The number of hydrogen-bond acceptors (Lipinski definition) is 2. The summed E-state index contributed by atoms with van der Waals surface area (Å²) >= 11 is 25.8. The molecule has 2 aromatic heterocycles. The molecule has 0 N–H and O–H groups in total. The van der Waals surface area contributed by atoms with Crippen molar-refractivity contribution < 1.29 is 0 Å². The summed E-state index contributed by atoms with van der Waals surface area (Å²) in [6.07, 6.45) is 1.73. The van der Waals surface area contributed by atoms with Crippen LogP contribution in [0.25, 0.3) is 39.1 Å². The third-order valence-corrected chi connectivity index (χ3v) is 6.17. The second-order valence-corrected chi connectivity index (χ2v) is 8.57. The van der Waals surface area contributed by atoms with Crippen molar-refractivity contribution in [3.05, 3.63) is 99.1 Å². The molecule has 0 unspecified atom stereocenters. The topological polar surface area (TPSA) is 30.7 Å². The minimum absolute atomic E-state index is 0.483. The fraction of sp³-hybridized carbons (Fsp3) is 0. The fourth-order valence-corrected chi connectivity index (χ4v) is 4.48. The van der Waals surface area contributed by atoms with Gasteiger partial charge in [0.05, 0.1) is 33.0 Å². The van der Waals surface area contributed by atoms with Gasteiger partial charge in [0.2, 0.25) is 0 Å². The van der Waals surface area contributed by atoms with E-state index in [4.69, 9.17) is 51.4 Å². The number of pyridine rings is 1. The molecule has 5 rings (SSSR count). The molecule has 0 atom stereocenters. The van der Waals surface area contributed by atoms with E-state index in [1.54, 1.807) is 23.0 Å². The Kier molecular flexibility index (Phi) is 5.37. The largest absolute Gasteiger partial charge is 0.227 e. The van der Waals surface area contributed by atoms with Crippen molar-refractivity contribution in [2.24, 2.45) is 0 Å². The second kappa shape index (κ2) is 8.18. The van der Waals surface area contributed by atoms with Crippen molar-refractivity contribution in [3.63, 3.8) is 0 Å². The van der Waals surface area contributed by atoms with E-state index in [0.717, 1.165) is 27.8 Å². The number of aromatic nitrogens is 3. The average Bonchev–Trinajstić information content (AvgIpc) is 3.20. The van der Waals surface area contributed by atoms with E-state index in [0.29, 0.717) is 31.4 Å². The summed E-state index contributed by atoms with van der Waals surface area (Å²) in [6, 6.07) is 22.5. The van der Waals surface area contributed by atoms with Gasteiger partial charge in [-0.1, -0.05) is 76.7 Å². The maximum Gasteiger partial charge on any atom is 0.165 e. The zero-order valence-corrected chi connectivity index (χ0v) is 18.9. The minimum Gasteiger partial charge on any atom is -0.227 e. The van der Waals surface area contributed by atoms with Crippen molar-refractivity contribution in [3.8, 4) is 28.1 Å². The third-order valence-electron chi connectivity index (χ3n) is 4.97. The zero-order chi connectivity index (χ0) is 21.5. The maximum atomic E-state index is 6.96. The van der Waals surface area contributed by atoms with Crippen molar-refractivity contribution in [2.45, 2.75) is 0 Å². The quantitative estimate of drug-likeness (QED) is 0.257. The van der Waals surface area contributed by atoms with Gasteiger partial charge in [-0.15, -0.1) is 0 Å². The number of hydrogen-bond donors (Lipinski definition) is 0. The molecule has 152 valence electrons. The predicted octanol–water partition coefficient (Wildman–Crippen LogP) is 8.37. The Bertz CT molecular complexity index is 1410. The summed E-state index contributed by atoms with van der Waals surface area (Å²) in [5, 5.41) is 7.48. The first kappa shape index (κ1) is 20.3. The monoisotopic (exact) mass is 483 g/mol. The van der Waals surface area contributed by atoms with Crippen molar-refractivity contribution >= 4 is 57.4 Å². The van der Waals surface area contributed by atoms with Crippen LogP contribution in [0.3, 0.4) is 0 Å².